The Balaban J connectivity index is 2.04. The number of anilines is 1. The number of nitrogens with one attached hydrogen (secondary N) is 1. The number of carbonyl (C=O) groups excluding carboxylic acids is 2. The third-order valence-electron chi connectivity index (χ3n) is 6.05. The average Bonchev–Trinajstić information content (AvgIpc) is 2.92. The fourth-order valence-corrected chi connectivity index (χ4v) is 5.52. The van der Waals surface area contributed by atoms with Crippen molar-refractivity contribution < 1.29 is 27.1 Å². The summed E-state index contributed by atoms with van der Waals surface area (Å²) < 4.78 is 47.2. The first-order valence-electron chi connectivity index (χ1n) is 12.6. The molecule has 0 aliphatic rings. The molecule has 0 unspecified atom stereocenters. The number of hydrogen-bond donors (Lipinski definition) is 1. The quantitative estimate of drug-likeness (QED) is 0.358. The van der Waals surface area contributed by atoms with Crippen LogP contribution < -0.4 is 14.4 Å². The molecule has 0 saturated carbocycles. The fourth-order valence-electron chi connectivity index (χ4n) is 4.08. The molecule has 39 heavy (non-hydrogen) atoms. The fraction of sp³-hybridized carbons (Fsp3) is 0.310. The zero-order valence-electron chi connectivity index (χ0n) is 22.5. The smallest absolute Gasteiger partial charge is 0.264 e. The number of sulfonamides is 1. The van der Waals surface area contributed by atoms with E-state index in [1.54, 1.807) is 56.5 Å². The lowest BCUT2D eigenvalue weighted by atomic mass is 10.1. The summed E-state index contributed by atoms with van der Waals surface area (Å²) in [7, 11) is -2.66. The van der Waals surface area contributed by atoms with Gasteiger partial charge in [0.05, 0.1) is 17.7 Å². The van der Waals surface area contributed by atoms with Crippen LogP contribution in [0.5, 0.6) is 5.75 Å². The van der Waals surface area contributed by atoms with Crippen LogP contribution in [0.15, 0.2) is 83.8 Å². The van der Waals surface area contributed by atoms with E-state index in [4.69, 9.17) is 4.74 Å². The van der Waals surface area contributed by atoms with E-state index in [1.807, 2.05) is 13.8 Å². The molecule has 1 N–H and O–H groups in total. The minimum Gasteiger partial charge on any atom is -0.497 e. The molecule has 8 nitrogen and oxygen atoms in total. The van der Waals surface area contributed by atoms with Gasteiger partial charge in [-0.25, -0.2) is 12.8 Å². The molecule has 0 bridgehead atoms. The van der Waals surface area contributed by atoms with Crippen molar-refractivity contribution in [2.24, 2.45) is 0 Å². The maximum absolute atomic E-state index is 13.9. The molecule has 10 heteroatoms. The zero-order valence-corrected chi connectivity index (χ0v) is 23.3. The lowest BCUT2D eigenvalue weighted by Gasteiger charge is -2.33. The molecule has 0 heterocycles. The van der Waals surface area contributed by atoms with Gasteiger partial charge in [-0.3, -0.25) is 13.9 Å². The summed E-state index contributed by atoms with van der Waals surface area (Å²) in [4.78, 5) is 28.4. The van der Waals surface area contributed by atoms with Crippen LogP contribution in [0.2, 0.25) is 0 Å². The number of carbonyl (C=O) groups is 2. The minimum absolute atomic E-state index is 0.0200. The van der Waals surface area contributed by atoms with Crippen molar-refractivity contribution in [1.82, 2.24) is 10.2 Å². The molecule has 0 saturated heterocycles. The first-order valence-corrected chi connectivity index (χ1v) is 14.1. The molecule has 0 aliphatic heterocycles. The number of benzene rings is 3. The Morgan fingerprint density at radius 2 is 1.56 bits per heavy atom. The van der Waals surface area contributed by atoms with Crippen molar-refractivity contribution in [3.63, 3.8) is 0 Å². The van der Waals surface area contributed by atoms with E-state index in [1.165, 1.54) is 29.2 Å². The summed E-state index contributed by atoms with van der Waals surface area (Å²) >= 11 is 0. The average molecular weight is 556 g/mol. The number of rotatable bonds is 12. The first kappa shape index (κ1) is 29.6. The number of hydrogen-bond acceptors (Lipinski definition) is 5. The molecule has 0 spiro atoms. The predicted molar refractivity (Wildman–Crippen MR) is 148 cm³/mol. The van der Waals surface area contributed by atoms with Crippen LogP contribution in [0.4, 0.5) is 10.1 Å². The van der Waals surface area contributed by atoms with E-state index in [2.05, 4.69) is 5.32 Å². The summed E-state index contributed by atoms with van der Waals surface area (Å²) in [5.74, 6) is -0.827. The monoisotopic (exact) mass is 555 g/mol. The molecule has 208 valence electrons. The topological polar surface area (TPSA) is 96.0 Å². The standard InChI is InChI=1S/C29H34FN3O5S/c1-5-27(29(35)31-21(2)3)32(19-22-11-17-25(38-4)18-12-22)28(34)20-33(24-15-13-23(30)14-16-24)39(36,37)26-9-7-6-8-10-26/h6-18,21,27H,5,19-20H2,1-4H3,(H,31,35)/t27-/m1/s1. The highest BCUT2D eigenvalue weighted by molar-refractivity contribution is 7.92. The van der Waals surface area contributed by atoms with E-state index in [0.717, 1.165) is 22.0 Å². The second kappa shape index (κ2) is 13.2. The van der Waals surface area contributed by atoms with Crippen molar-refractivity contribution in [1.29, 1.82) is 0 Å². The van der Waals surface area contributed by atoms with Crippen LogP contribution in [0.25, 0.3) is 0 Å². The summed E-state index contributed by atoms with van der Waals surface area (Å²) in [5.41, 5.74) is 0.858. The van der Waals surface area contributed by atoms with Crippen molar-refractivity contribution in [2.75, 3.05) is 18.0 Å². The Labute approximate surface area is 229 Å². The van der Waals surface area contributed by atoms with Gasteiger partial charge in [-0.1, -0.05) is 37.3 Å². The van der Waals surface area contributed by atoms with Crippen LogP contribution in [0.3, 0.4) is 0 Å². The molecule has 3 aromatic rings. The van der Waals surface area contributed by atoms with Gasteiger partial charge in [0.2, 0.25) is 11.8 Å². The molecule has 2 amide bonds. The number of halogens is 1. The van der Waals surface area contributed by atoms with Crippen molar-refractivity contribution in [2.45, 2.75) is 50.7 Å². The molecule has 3 aromatic carbocycles. The van der Waals surface area contributed by atoms with Gasteiger partial charge in [-0.05, 0) is 74.4 Å². The van der Waals surface area contributed by atoms with E-state index in [9.17, 15) is 22.4 Å². The Morgan fingerprint density at radius 1 is 0.949 bits per heavy atom. The van der Waals surface area contributed by atoms with Gasteiger partial charge in [-0.2, -0.15) is 0 Å². The lowest BCUT2D eigenvalue weighted by molar-refractivity contribution is -0.140. The largest absolute Gasteiger partial charge is 0.497 e. The highest BCUT2D eigenvalue weighted by Gasteiger charge is 2.33. The van der Waals surface area contributed by atoms with Crippen LogP contribution in [-0.4, -0.2) is 50.9 Å². The van der Waals surface area contributed by atoms with Gasteiger partial charge >= 0.3 is 0 Å². The van der Waals surface area contributed by atoms with Gasteiger partial charge in [0.1, 0.15) is 24.2 Å². The lowest BCUT2D eigenvalue weighted by Crippen LogP contribution is -2.53. The maximum atomic E-state index is 13.9. The second-order valence-corrected chi connectivity index (χ2v) is 11.1. The first-order chi connectivity index (χ1) is 18.6. The number of methoxy groups -OCH3 is 1. The third-order valence-corrected chi connectivity index (χ3v) is 7.84. The molecule has 0 aromatic heterocycles. The molecular formula is C29H34FN3O5S. The molecule has 0 fully saturated rings. The van der Waals surface area contributed by atoms with Gasteiger partial charge in [-0.15, -0.1) is 0 Å². The summed E-state index contributed by atoms with van der Waals surface area (Å²) in [6.45, 7) is 4.91. The highest BCUT2D eigenvalue weighted by atomic mass is 32.2. The van der Waals surface area contributed by atoms with Crippen LogP contribution in [-0.2, 0) is 26.2 Å². The minimum atomic E-state index is -4.20. The molecule has 1 atom stereocenters. The van der Waals surface area contributed by atoms with E-state index in [-0.39, 0.29) is 29.1 Å². The Hall–Kier alpha value is -3.92. The van der Waals surface area contributed by atoms with Crippen LogP contribution >= 0.6 is 0 Å². The molecular weight excluding hydrogens is 521 g/mol. The summed E-state index contributed by atoms with van der Waals surface area (Å²) in [6.07, 6.45) is 0.308. The van der Waals surface area contributed by atoms with Crippen molar-refractivity contribution in [3.8, 4) is 5.75 Å². The zero-order chi connectivity index (χ0) is 28.6. The van der Waals surface area contributed by atoms with Gasteiger partial charge in [0.25, 0.3) is 10.0 Å². The summed E-state index contributed by atoms with van der Waals surface area (Å²) in [5, 5.41) is 2.85. The third kappa shape index (κ3) is 7.57. The van der Waals surface area contributed by atoms with Gasteiger partial charge in [0.15, 0.2) is 0 Å². The van der Waals surface area contributed by atoms with Gasteiger partial charge in [0, 0.05) is 12.6 Å². The number of amides is 2. The normalized spacial score (nSPS) is 12.1. The second-order valence-electron chi connectivity index (χ2n) is 9.26. The van der Waals surface area contributed by atoms with Crippen LogP contribution in [0.1, 0.15) is 32.8 Å². The van der Waals surface area contributed by atoms with Crippen molar-refractivity contribution in [3.05, 3.63) is 90.2 Å². The maximum Gasteiger partial charge on any atom is 0.264 e. The molecule has 0 radical (unpaired) electrons. The van der Waals surface area contributed by atoms with E-state index in [0.29, 0.717) is 12.2 Å². The number of ether oxygens (including phenoxy) is 1. The molecule has 0 aliphatic carbocycles. The van der Waals surface area contributed by atoms with Crippen molar-refractivity contribution >= 4 is 27.5 Å². The molecule has 3 rings (SSSR count). The van der Waals surface area contributed by atoms with E-state index < -0.39 is 34.3 Å². The SMILES string of the molecule is CC[C@H](C(=O)NC(C)C)N(Cc1ccc(OC)cc1)C(=O)CN(c1ccc(F)cc1)S(=O)(=O)c1ccccc1. The Kier molecular flexibility index (Phi) is 10.1. The van der Waals surface area contributed by atoms with Crippen LogP contribution in [0, 0.1) is 5.82 Å². The van der Waals surface area contributed by atoms with Gasteiger partial charge < -0.3 is 15.0 Å². The number of nitrogens with zero attached hydrogens (tertiary/aromatic N) is 2. The Bertz CT molecular complexity index is 1350. The highest BCUT2D eigenvalue weighted by Crippen LogP contribution is 2.25. The Morgan fingerprint density at radius 3 is 2.10 bits per heavy atom. The predicted octanol–water partition coefficient (Wildman–Crippen LogP) is 4.36. The van der Waals surface area contributed by atoms with E-state index >= 15 is 0 Å². The summed E-state index contributed by atoms with van der Waals surface area (Å²) in [6, 6.07) is 18.6.